The van der Waals surface area contributed by atoms with E-state index in [1.54, 1.807) is 4.90 Å². The summed E-state index contributed by atoms with van der Waals surface area (Å²) >= 11 is 12.1. The minimum atomic E-state index is -4.15. The Labute approximate surface area is 214 Å². The van der Waals surface area contributed by atoms with E-state index in [9.17, 15) is 17.6 Å². The molecular formula is C25H24Cl2FN3O3S. The Balaban J connectivity index is 1.54. The fraction of sp³-hybridized carbons (Fsp3) is 0.240. The second-order valence-electron chi connectivity index (χ2n) is 8.13. The standard InChI is InChI=1S/C25H24Cl2FN3O3S/c26-19-9-11-21(12-10-19)35(33,34)31(17-22-23(27)7-4-8-24(22)28)18-25(32)30-15-13-29(14-16-30)20-5-2-1-3-6-20/h1-12H,13-18H2. The minimum absolute atomic E-state index is 0.00778. The monoisotopic (exact) mass is 535 g/mol. The molecule has 1 heterocycles. The summed E-state index contributed by atoms with van der Waals surface area (Å²) in [5, 5.41) is 0.463. The van der Waals surface area contributed by atoms with E-state index in [1.807, 2.05) is 30.3 Å². The van der Waals surface area contributed by atoms with Crippen LogP contribution in [0, 0.1) is 5.82 Å². The van der Waals surface area contributed by atoms with Crippen LogP contribution in [0.3, 0.4) is 0 Å². The highest BCUT2D eigenvalue weighted by molar-refractivity contribution is 7.89. The maximum atomic E-state index is 14.5. The second-order valence-corrected chi connectivity index (χ2v) is 10.9. The van der Waals surface area contributed by atoms with Gasteiger partial charge in [-0.15, -0.1) is 0 Å². The number of carbonyl (C=O) groups excluding carboxylic acids is 1. The van der Waals surface area contributed by atoms with E-state index in [4.69, 9.17) is 23.2 Å². The fourth-order valence-electron chi connectivity index (χ4n) is 3.94. The van der Waals surface area contributed by atoms with Gasteiger partial charge in [0.15, 0.2) is 0 Å². The first-order valence-electron chi connectivity index (χ1n) is 11.0. The number of sulfonamides is 1. The Hall–Kier alpha value is -2.65. The van der Waals surface area contributed by atoms with Gasteiger partial charge in [-0.1, -0.05) is 47.5 Å². The van der Waals surface area contributed by atoms with Crippen molar-refractivity contribution in [3.8, 4) is 0 Å². The molecule has 6 nitrogen and oxygen atoms in total. The van der Waals surface area contributed by atoms with Crippen molar-refractivity contribution in [2.24, 2.45) is 0 Å². The molecule has 1 fully saturated rings. The van der Waals surface area contributed by atoms with E-state index in [1.165, 1.54) is 42.5 Å². The van der Waals surface area contributed by atoms with Crippen LogP contribution in [-0.2, 0) is 21.4 Å². The first-order valence-corrected chi connectivity index (χ1v) is 13.2. The smallest absolute Gasteiger partial charge is 0.243 e. The summed E-state index contributed by atoms with van der Waals surface area (Å²) in [5.41, 5.74) is 1.08. The summed E-state index contributed by atoms with van der Waals surface area (Å²) in [6, 6.07) is 19.6. The molecule has 184 valence electrons. The molecule has 10 heteroatoms. The van der Waals surface area contributed by atoms with Crippen LogP contribution in [0.25, 0.3) is 0 Å². The predicted molar refractivity (Wildman–Crippen MR) is 136 cm³/mol. The fourth-order valence-corrected chi connectivity index (χ4v) is 5.65. The lowest BCUT2D eigenvalue weighted by molar-refractivity contribution is -0.131. The molecule has 3 aromatic carbocycles. The molecule has 3 aromatic rings. The van der Waals surface area contributed by atoms with E-state index < -0.39 is 22.4 Å². The summed E-state index contributed by atoms with van der Waals surface area (Å²) in [6.07, 6.45) is 0. The van der Waals surface area contributed by atoms with Crippen LogP contribution < -0.4 is 4.90 Å². The Morgan fingerprint density at radius 1 is 0.886 bits per heavy atom. The number of benzene rings is 3. The molecule has 4 rings (SSSR count). The van der Waals surface area contributed by atoms with E-state index in [-0.39, 0.29) is 27.9 Å². The lowest BCUT2D eigenvalue weighted by Crippen LogP contribution is -2.51. The van der Waals surface area contributed by atoms with Crippen LogP contribution in [0.2, 0.25) is 10.0 Å². The molecule has 0 aromatic heterocycles. The van der Waals surface area contributed by atoms with Gasteiger partial charge in [0.2, 0.25) is 15.9 Å². The predicted octanol–water partition coefficient (Wildman–Crippen LogP) is 4.67. The average Bonchev–Trinajstić information content (AvgIpc) is 2.86. The van der Waals surface area contributed by atoms with Gasteiger partial charge >= 0.3 is 0 Å². The molecule has 0 unspecified atom stereocenters. The average molecular weight is 536 g/mol. The Morgan fingerprint density at radius 2 is 1.54 bits per heavy atom. The maximum absolute atomic E-state index is 14.5. The van der Waals surface area contributed by atoms with Crippen LogP contribution in [0.1, 0.15) is 5.56 Å². The van der Waals surface area contributed by atoms with Crippen molar-refractivity contribution in [3.05, 3.63) is 94.2 Å². The van der Waals surface area contributed by atoms with Crippen molar-refractivity contribution >= 4 is 44.8 Å². The molecular weight excluding hydrogens is 512 g/mol. The summed E-state index contributed by atoms with van der Waals surface area (Å²) in [7, 11) is -4.15. The lowest BCUT2D eigenvalue weighted by Gasteiger charge is -2.37. The minimum Gasteiger partial charge on any atom is -0.368 e. The molecule has 1 aliphatic heterocycles. The van der Waals surface area contributed by atoms with Crippen LogP contribution in [0.4, 0.5) is 10.1 Å². The number of anilines is 1. The van der Waals surface area contributed by atoms with Crippen molar-refractivity contribution in [1.82, 2.24) is 9.21 Å². The topological polar surface area (TPSA) is 60.9 Å². The van der Waals surface area contributed by atoms with E-state index in [2.05, 4.69) is 4.90 Å². The number of hydrogen-bond acceptors (Lipinski definition) is 4. The SMILES string of the molecule is O=C(CN(Cc1c(F)cccc1Cl)S(=O)(=O)c1ccc(Cl)cc1)N1CCN(c2ccccc2)CC1. The molecule has 1 saturated heterocycles. The molecule has 0 radical (unpaired) electrons. The van der Waals surface area contributed by atoms with Crippen molar-refractivity contribution in [3.63, 3.8) is 0 Å². The zero-order valence-corrected chi connectivity index (χ0v) is 21.1. The van der Waals surface area contributed by atoms with Gasteiger partial charge in [-0.05, 0) is 48.5 Å². The summed E-state index contributed by atoms with van der Waals surface area (Å²) in [5.74, 6) is -1.000. The van der Waals surface area contributed by atoms with Crippen molar-refractivity contribution in [2.75, 3.05) is 37.6 Å². The number of halogens is 3. The van der Waals surface area contributed by atoms with Crippen molar-refractivity contribution < 1.29 is 17.6 Å². The summed E-state index contributed by atoms with van der Waals surface area (Å²) < 4.78 is 42.4. The second kappa shape index (κ2) is 11.0. The van der Waals surface area contributed by atoms with E-state index >= 15 is 0 Å². The quantitative estimate of drug-likeness (QED) is 0.441. The van der Waals surface area contributed by atoms with Gasteiger partial charge in [0.1, 0.15) is 5.82 Å². The molecule has 35 heavy (non-hydrogen) atoms. The van der Waals surface area contributed by atoms with Crippen LogP contribution in [0.5, 0.6) is 0 Å². The summed E-state index contributed by atoms with van der Waals surface area (Å²) in [4.78, 5) is 17.0. The molecule has 0 bridgehead atoms. The third-order valence-corrected chi connectivity index (χ3v) is 8.32. The highest BCUT2D eigenvalue weighted by Crippen LogP contribution is 2.26. The summed E-state index contributed by atoms with van der Waals surface area (Å²) in [6.45, 7) is 1.32. The maximum Gasteiger partial charge on any atom is 0.243 e. The van der Waals surface area contributed by atoms with Gasteiger partial charge in [-0.2, -0.15) is 4.31 Å². The molecule has 0 spiro atoms. The van der Waals surface area contributed by atoms with Gasteiger partial charge in [0, 0.05) is 54.0 Å². The van der Waals surface area contributed by atoms with E-state index in [0.29, 0.717) is 31.2 Å². The number of piperazine rings is 1. The number of para-hydroxylation sites is 1. The highest BCUT2D eigenvalue weighted by Gasteiger charge is 2.31. The van der Waals surface area contributed by atoms with Gasteiger partial charge in [-0.3, -0.25) is 4.79 Å². The zero-order valence-electron chi connectivity index (χ0n) is 18.8. The third kappa shape index (κ3) is 5.95. The van der Waals surface area contributed by atoms with Gasteiger partial charge in [0.05, 0.1) is 11.4 Å². The largest absolute Gasteiger partial charge is 0.368 e. The first kappa shape index (κ1) is 25.4. The molecule has 1 aliphatic rings. The molecule has 0 saturated carbocycles. The number of rotatable bonds is 7. The Morgan fingerprint density at radius 3 is 2.17 bits per heavy atom. The zero-order chi connectivity index (χ0) is 25.0. The molecule has 0 atom stereocenters. The molecule has 0 N–H and O–H groups in total. The number of amides is 1. The van der Waals surface area contributed by atoms with Gasteiger partial charge in [0.25, 0.3) is 0 Å². The van der Waals surface area contributed by atoms with Crippen LogP contribution in [-0.4, -0.2) is 56.3 Å². The number of hydrogen-bond donors (Lipinski definition) is 0. The van der Waals surface area contributed by atoms with Crippen LogP contribution in [0.15, 0.2) is 77.7 Å². The number of carbonyl (C=O) groups is 1. The van der Waals surface area contributed by atoms with Crippen molar-refractivity contribution in [1.29, 1.82) is 0 Å². The third-order valence-electron chi connectivity index (χ3n) is 5.91. The Kier molecular flexibility index (Phi) is 7.96. The molecule has 0 aliphatic carbocycles. The normalized spacial score (nSPS) is 14.4. The van der Waals surface area contributed by atoms with Crippen LogP contribution >= 0.6 is 23.2 Å². The lowest BCUT2D eigenvalue weighted by atomic mass is 10.2. The first-order chi connectivity index (χ1) is 16.8. The van der Waals surface area contributed by atoms with Crippen molar-refractivity contribution in [2.45, 2.75) is 11.4 Å². The number of nitrogens with zero attached hydrogens (tertiary/aromatic N) is 3. The van der Waals surface area contributed by atoms with Gasteiger partial charge < -0.3 is 9.80 Å². The van der Waals surface area contributed by atoms with E-state index in [0.717, 1.165) is 9.99 Å². The van der Waals surface area contributed by atoms with Gasteiger partial charge in [-0.25, -0.2) is 12.8 Å². The molecule has 1 amide bonds. The highest BCUT2D eigenvalue weighted by atomic mass is 35.5. The Bertz CT molecular complexity index is 1260.